The number of nitrogens with one attached hydrogen (secondary N) is 1. The van der Waals surface area contributed by atoms with Crippen LogP contribution in [0.25, 0.3) is 0 Å². The summed E-state index contributed by atoms with van der Waals surface area (Å²) >= 11 is 1.19. The number of anilines is 1. The van der Waals surface area contributed by atoms with E-state index in [0.717, 1.165) is 12.7 Å². The predicted octanol–water partition coefficient (Wildman–Crippen LogP) is 5.53. The molecule has 40 heavy (non-hydrogen) atoms. The quantitative estimate of drug-likeness (QED) is 0.246. The van der Waals surface area contributed by atoms with E-state index in [9.17, 15) is 17.8 Å². The van der Waals surface area contributed by atoms with Gasteiger partial charge in [0.05, 0.1) is 43.2 Å². The van der Waals surface area contributed by atoms with E-state index < -0.39 is 23.3 Å². The number of sulfone groups is 1. The molecule has 3 aromatic rings. The van der Waals surface area contributed by atoms with Crippen molar-refractivity contribution in [1.82, 2.24) is 4.98 Å². The predicted molar refractivity (Wildman–Crippen MR) is 151 cm³/mol. The largest absolute Gasteiger partial charge is 0.488 e. The van der Waals surface area contributed by atoms with Crippen LogP contribution in [0.2, 0.25) is 0 Å². The molecule has 2 aromatic carbocycles. The van der Waals surface area contributed by atoms with Gasteiger partial charge in [0.25, 0.3) is 5.91 Å². The number of hydrogen-bond acceptors (Lipinski definition) is 11. The molecule has 1 amide bonds. The second-order valence-electron chi connectivity index (χ2n) is 8.84. The van der Waals surface area contributed by atoms with E-state index in [4.69, 9.17) is 23.3 Å². The first-order valence-electron chi connectivity index (χ1n) is 12.6. The van der Waals surface area contributed by atoms with Gasteiger partial charge in [0.1, 0.15) is 23.4 Å². The number of carbonyl (C=O) groups excluding carboxylic acids is 1. The van der Waals surface area contributed by atoms with E-state index in [1.165, 1.54) is 35.6 Å². The Morgan fingerprint density at radius 2 is 1.80 bits per heavy atom. The van der Waals surface area contributed by atoms with Gasteiger partial charge in [-0.3, -0.25) is 14.7 Å². The molecule has 0 aliphatic carbocycles. The summed E-state index contributed by atoms with van der Waals surface area (Å²) in [5.41, 5.74) is 0.732. The highest BCUT2D eigenvalue weighted by atomic mass is 32.2. The Bertz CT molecular complexity index is 1460. The van der Waals surface area contributed by atoms with Crippen molar-refractivity contribution >= 4 is 39.8 Å². The number of hydrogen-bond donors (Lipinski definition) is 1. The molecule has 1 atom stereocenters. The SMILES string of the molecule is CCOP(=O)(Cc1csc(NC(=O)c2cc(Oc3ccc(S(C)(=O)=O)cc3)cc(O[C@@H]3CCOC3)c2)n1)OCC. The Hall–Kier alpha value is -2.80. The van der Waals surface area contributed by atoms with E-state index in [0.29, 0.717) is 41.3 Å². The lowest BCUT2D eigenvalue weighted by Gasteiger charge is -2.15. The highest BCUT2D eigenvalue weighted by Crippen LogP contribution is 2.51. The average molecular weight is 611 g/mol. The zero-order valence-corrected chi connectivity index (χ0v) is 24.9. The van der Waals surface area contributed by atoms with Crippen molar-refractivity contribution in [2.45, 2.75) is 37.4 Å². The fraction of sp³-hybridized carbons (Fsp3) is 0.385. The third-order valence-corrected chi connectivity index (χ3v) is 9.55. The van der Waals surface area contributed by atoms with Crippen LogP contribution in [0.3, 0.4) is 0 Å². The lowest BCUT2D eigenvalue weighted by molar-refractivity contribution is 0.102. The first kappa shape index (κ1) is 30.2. The minimum absolute atomic E-state index is 0.00997. The first-order chi connectivity index (χ1) is 19.1. The van der Waals surface area contributed by atoms with Crippen molar-refractivity contribution in [2.24, 2.45) is 0 Å². The number of benzene rings is 2. The van der Waals surface area contributed by atoms with E-state index in [2.05, 4.69) is 10.3 Å². The molecular formula is C26H31N2O9PS2. The summed E-state index contributed by atoms with van der Waals surface area (Å²) in [6.45, 7) is 4.98. The van der Waals surface area contributed by atoms with Crippen LogP contribution in [0.1, 0.15) is 36.3 Å². The topological polar surface area (TPSA) is 139 Å². The van der Waals surface area contributed by atoms with Crippen molar-refractivity contribution < 1.29 is 41.0 Å². The molecule has 0 bridgehead atoms. The van der Waals surface area contributed by atoms with Crippen LogP contribution in [-0.2, 0) is 34.3 Å². The van der Waals surface area contributed by atoms with Gasteiger partial charge in [-0.25, -0.2) is 13.4 Å². The van der Waals surface area contributed by atoms with Crippen LogP contribution in [0.5, 0.6) is 17.2 Å². The van der Waals surface area contributed by atoms with Crippen LogP contribution >= 0.6 is 18.9 Å². The minimum atomic E-state index is -3.35. The van der Waals surface area contributed by atoms with Crippen molar-refractivity contribution in [2.75, 3.05) is 38.0 Å². The number of ether oxygens (including phenoxy) is 3. The summed E-state index contributed by atoms with van der Waals surface area (Å²) < 4.78 is 64.4. The van der Waals surface area contributed by atoms with Gasteiger partial charge in [0.2, 0.25) is 0 Å². The maximum atomic E-state index is 13.2. The number of rotatable bonds is 13. The Kier molecular flexibility index (Phi) is 9.99. The van der Waals surface area contributed by atoms with Crippen LogP contribution in [0.15, 0.2) is 52.7 Å². The third-order valence-electron chi connectivity index (χ3n) is 5.60. The summed E-state index contributed by atoms with van der Waals surface area (Å²) in [4.78, 5) is 17.8. The zero-order valence-electron chi connectivity index (χ0n) is 22.3. The maximum absolute atomic E-state index is 13.2. The standard InChI is InChI=1S/C26H31N2O9PS2/c1-4-34-38(30,35-5-2)16-19-17-39-26(27-19)28-25(29)18-12-22(14-23(13-18)37-21-10-11-33-15-21)36-20-6-8-24(9-7-20)40(3,31)32/h6-9,12-14,17,21H,4-5,10-11,15-16H2,1-3H3,(H,27,28,29)/t21-/m1/s1. The number of nitrogens with zero attached hydrogens (tertiary/aromatic N) is 1. The fourth-order valence-electron chi connectivity index (χ4n) is 3.85. The number of aromatic nitrogens is 1. The van der Waals surface area contributed by atoms with Gasteiger partial charge in [-0.1, -0.05) is 0 Å². The van der Waals surface area contributed by atoms with Crippen LogP contribution < -0.4 is 14.8 Å². The first-order valence-corrected chi connectivity index (χ1v) is 17.1. The Labute approximate surface area is 237 Å². The van der Waals surface area contributed by atoms with E-state index >= 15 is 0 Å². The molecule has 14 heteroatoms. The molecule has 1 aliphatic heterocycles. The summed E-state index contributed by atoms with van der Waals surface area (Å²) in [5, 5.41) is 4.76. The third kappa shape index (κ3) is 8.35. The Balaban J connectivity index is 1.53. The zero-order chi connectivity index (χ0) is 28.8. The lowest BCUT2D eigenvalue weighted by atomic mass is 10.2. The monoisotopic (exact) mass is 610 g/mol. The van der Waals surface area contributed by atoms with Gasteiger partial charge in [-0.2, -0.15) is 0 Å². The molecule has 216 valence electrons. The molecule has 11 nitrogen and oxygen atoms in total. The van der Waals surface area contributed by atoms with Gasteiger partial charge >= 0.3 is 7.60 Å². The van der Waals surface area contributed by atoms with Crippen molar-refractivity contribution in [3.05, 3.63) is 59.1 Å². The molecule has 1 N–H and O–H groups in total. The van der Waals surface area contributed by atoms with Crippen molar-refractivity contribution in [1.29, 1.82) is 0 Å². The fourth-order valence-corrected chi connectivity index (χ4v) is 6.91. The molecular weight excluding hydrogens is 579 g/mol. The maximum Gasteiger partial charge on any atom is 0.336 e. The molecule has 4 rings (SSSR count). The van der Waals surface area contributed by atoms with Crippen LogP contribution in [-0.4, -0.2) is 58.1 Å². The van der Waals surface area contributed by atoms with Crippen LogP contribution in [0, 0.1) is 0 Å². The molecule has 1 aliphatic rings. The minimum Gasteiger partial charge on any atom is -0.488 e. The average Bonchev–Trinajstić information content (AvgIpc) is 3.56. The van der Waals surface area contributed by atoms with Crippen molar-refractivity contribution in [3.8, 4) is 17.2 Å². The Morgan fingerprint density at radius 1 is 1.10 bits per heavy atom. The number of amides is 1. The van der Waals surface area contributed by atoms with E-state index in [1.807, 2.05) is 0 Å². The summed E-state index contributed by atoms with van der Waals surface area (Å²) in [6.07, 6.45) is 1.68. The smallest absolute Gasteiger partial charge is 0.336 e. The number of thiazole rings is 1. The Morgan fingerprint density at radius 3 is 2.42 bits per heavy atom. The van der Waals surface area contributed by atoms with Gasteiger partial charge in [-0.15, -0.1) is 11.3 Å². The van der Waals surface area contributed by atoms with Gasteiger partial charge in [-0.05, 0) is 50.2 Å². The summed E-state index contributed by atoms with van der Waals surface area (Å²) in [7, 11) is -6.69. The van der Waals surface area contributed by atoms with Crippen molar-refractivity contribution in [3.63, 3.8) is 0 Å². The van der Waals surface area contributed by atoms with Gasteiger partial charge < -0.3 is 23.3 Å². The second kappa shape index (κ2) is 13.2. The van der Waals surface area contributed by atoms with Gasteiger partial charge in [0, 0.05) is 29.7 Å². The second-order valence-corrected chi connectivity index (χ2v) is 13.8. The molecule has 0 spiro atoms. The van der Waals surface area contributed by atoms with E-state index in [-0.39, 0.29) is 35.9 Å². The molecule has 0 saturated carbocycles. The van der Waals surface area contributed by atoms with Gasteiger partial charge in [0.15, 0.2) is 15.0 Å². The lowest BCUT2D eigenvalue weighted by Crippen LogP contribution is -2.17. The molecule has 0 radical (unpaired) electrons. The molecule has 0 unspecified atom stereocenters. The van der Waals surface area contributed by atoms with Crippen LogP contribution in [0.4, 0.5) is 5.13 Å². The highest BCUT2D eigenvalue weighted by molar-refractivity contribution is 7.90. The normalized spacial score (nSPS) is 15.6. The molecule has 1 fully saturated rings. The molecule has 2 heterocycles. The molecule has 1 saturated heterocycles. The van der Waals surface area contributed by atoms with E-state index in [1.54, 1.807) is 37.4 Å². The summed E-state index contributed by atoms with van der Waals surface area (Å²) in [6, 6.07) is 10.8. The molecule has 1 aromatic heterocycles. The number of carbonyl (C=O) groups is 1. The summed E-state index contributed by atoms with van der Waals surface area (Å²) in [5.74, 6) is 0.671. The highest BCUT2D eigenvalue weighted by Gasteiger charge is 2.26.